The average Bonchev–Trinajstić information content (AvgIpc) is 2.39. The van der Waals surface area contributed by atoms with Gasteiger partial charge in [0.25, 0.3) is 5.69 Å². The molecule has 0 radical (unpaired) electrons. The van der Waals surface area contributed by atoms with Gasteiger partial charge in [0.2, 0.25) is 0 Å². The van der Waals surface area contributed by atoms with Gasteiger partial charge in [-0.15, -0.1) is 0 Å². The second-order valence-electron chi connectivity index (χ2n) is 4.29. The molecule has 1 atom stereocenters. The van der Waals surface area contributed by atoms with Crippen molar-refractivity contribution in [2.24, 2.45) is 5.73 Å². The minimum atomic E-state index is -0.524. The Balaban J connectivity index is 2.30. The van der Waals surface area contributed by atoms with Gasteiger partial charge in [0, 0.05) is 23.7 Å². The molecule has 104 valence electrons. The van der Waals surface area contributed by atoms with Crippen molar-refractivity contribution in [2.75, 3.05) is 0 Å². The molecule has 5 nitrogen and oxygen atoms in total. The Bertz CT molecular complexity index is 627. The lowest BCUT2D eigenvalue weighted by atomic mass is 10.1. The fraction of sp³-hybridized carbons (Fsp3) is 0.143. The van der Waals surface area contributed by atoms with E-state index in [2.05, 4.69) is 0 Å². The highest BCUT2D eigenvalue weighted by Gasteiger charge is 2.14. The Morgan fingerprint density at radius 1 is 1.25 bits per heavy atom. The molecule has 0 saturated carbocycles. The molecule has 0 unspecified atom stereocenters. The van der Waals surface area contributed by atoms with Gasteiger partial charge in [0.15, 0.2) is 0 Å². The third-order valence-corrected chi connectivity index (χ3v) is 2.74. The first-order valence-electron chi connectivity index (χ1n) is 5.95. The molecule has 6 heteroatoms. The standard InChI is InChI=1S/C14H13FN2O3/c1-9(16)14-12(15)3-2-4-13(14)20-11-7-5-10(6-8-11)17(18)19/h2-9H,16H2,1H3/t9-/m1/s1. The number of rotatable bonds is 4. The van der Waals surface area contributed by atoms with Crippen molar-refractivity contribution >= 4 is 5.69 Å². The summed E-state index contributed by atoms with van der Waals surface area (Å²) in [6.07, 6.45) is 0. The number of benzene rings is 2. The average molecular weight is 276 g/mol. The Hall–Kier alpha value is -2.47. The van der Waals surface area contributed by atoms with E-state index >= 15 is 0 Å². The maximum absolute atomic E-state index is 13.7. The third-order valence-electron chi connectivity index (χ3n) is 2.74. The molecule has 20 heavy (non-hydrogen) atoms. The van der Waals surface area contributed by atoms with E-state index < -0.39 is 16.8 Å². The zero-order chi connectivity index (χ0) is 14.7. The fourth-order valence-electron chi connectivity index (χ4n) is 1.81. The SMILES string of the molecule is C[C@@H](N)c1c(F)cccc1Oc1ccc([N+](=O)[O-])cc1. The first-order valence-corrected chi connectivity index (χ1v) is 5.95. The second kappa shape index (κ2) is 5.66. The van der Waals surface area contributed by atoms with Crippen molar-refractivity contribution in [1.82, 2.24) is 0 Å². The first-order chi connectivity index (χ1) is 9.49. The van der Waals surface area contributed by atoms with Gasteiger partial charge in [-0.1, -0.05) is 6.07 Å². The smallest absolute Gasteiger partial charge is 0.269 e. The molecule has 0 saturated heterocycles. The molecule has 0 heterocycles. The lowest BCUT2D eigenvalue weighted by molar-refractivity contribution is -0.384. The number of nitrogens with zero attached hydrogens (tertiary/aromatic N) is 1. The van der Waals surface area contributed by atoms with Crippen LogP contribution < -0.4 is 10.5 Å². The van der Waals surface area contributed by atoms with Gasteiger partial charge >= 0.3 is 0 Å². The number of non-ortho nitro benzene ring substituents is 1. The summed E-state index contributed by atoms with van der Waals surface area (Å²) in [4.78, 5) is 10.1. The van der Waals surface area contributed by atoms with Crippen LogP contribution in [0.25, 0.3) is 0 Å². The third kappa shape index (κ3) is 2.92. The highest BCUT2D eigenvalue weighted by atomic mass is 19.1. The molecule has 0 aliphatic carbocycles. The van der Waals surface area contributed by atoms with Crippen molar-refractivity contribution in [2.45, 2.75) is 13.0 Å². The summed E-state index contributed by atoms with van der Waals surface area (Å²) in [7, 11) is 0. The van der Waals surface area contributed by atoms with Crippen LogP contribution in [-0.2, 0) is 0 Å². The number of nitro benzene ring substituents is 1. The lowest BCUT2D eigenvalue weighted by Gasteiger charge is -2.14. The van der Waals surface area contributed by atoms with E-state index in [1.807, 2.05) is 0 Å². The van der Waals surface area contributed by atoms with Crippen LogP contribution in [0, 0.1) is 15.9 Å². The molecular formula is C14H13FN2O3. The van der Waals surface area contributed by atoms with Gasteiger partial charge < -0.3 is 10.5 Å². The van der Waals surface area contributed by atoms with Crippen LogP contribution in [0.3, 0.4) is 0 Å². The Kier molecular flexibility index (Phi) is 3.95. The van der Waals surface area contributed by atoms with Crippen LogP contribution in [-0.4, -0.2) is 4.92 Å². The monoisotopic (exact) mass is 276 g/mol. The molecular weight excluding hydrogens is 263 g/mol. The number of hydrogen-bond donors (Lipinski definition) is 1. The number of nitro groups is 1. The van der Waals surface area contributed by atoms with E-state index in [0.29, 0.717) is 11.5 Å². The molecule has 0 spiro atoms. The quantitative estimate of drug-likeness (QED) is 0.684. The minimum Gasteiger partial charge on any atom is -0.457 e. The van der Waals surface area contributed by atoms with Crippen LogP contribution in [0.4, 0.5) is 10.1 Å². The number of ether oxygens (including phenoxy) is 1. The molecule has 0 aromatic heterocycles. The Labute approximate surface area is 114 Å². The summed E-state index contributed by atoms with van der Waals surface area (Å²) in [5, 5.41) is 10.6. The normalized spacial score (nSPS) is 11.9. The molecule has 0 bridgehead atoms. The molecule has 2 rings (SSSR count). The number of nitrogens with two attached hydrogens (primary N) is 1. The maximum Gasteiger partial charge on any atom is 0.269 e. The summed E-state index contributed by atoms with van der Waals surface area (Å²) in [6.45, 7) is 1.65. The first kappa shape index (κ1) is 14.0. The van der Waals surface area contributed by atoms with Crippen LogP contribution in [0.1, 0.15) is 18.5 Å². The van der Waals surface area contributed by atoms with Crippen molar-refractivity contribution in [1.29, 1.82) is 0 Å². The molecule has 0 aliphatic heterocycles. The molecule has 0 aliphatic rings. The molecule has 2 aromatic rings. The molecule has 2 aromatic carbocycles. The summed E-state index contributed by atoms with van der Waals surface area (Å²) < 4.78 is 19.3. The fourth-order valence-corrected chi connectivity index (χ4v) is 1.81. The van der Waals surface area contributed by atoms with Crippen molar-refractivity contribution < 1.29 is 14.1 Å². The topological polar surface area (TPSA) is 78.4 Å². The number of halogens is 1. The molecule has 0 amide bonds. The zero-order valence-corrected chi connectivity index (χ0v) is 10.7. The minimum absolute atomic E-state index is 0.0380. The van der Waals surface area contributed by atoms with E-state index in [1.165, 1.54) is 36.4 Å². The predicted molar refractivity (Wildman–Crippen MR) is 72.2 cm³/mol. The summed E-state index contributed by atoms with van der Waals surface area (Å²) in [5.74, 6) is 0.233. The van der Waals surface area contributed by atoms with E-state index in [0.717, 1.165) is 0 Å². The van der Waals surface area contributed by atoms with Gasteiger partial charge in [-0.25, -0.2) is 4.39 Å². The maximum atomic E-state index is 13.7. The largest absolute Gasteiger partial charge is 0.457 e. The van der Waals surface area contributed by atoms with Crippen LogP contribution in [0.2, 0.25) is 0 Å². The second-order valence-corrected chi connectivity index (χ2v) is 4.29. The number of hydrogen-bond acceptors (Lipinski definition) is 4. The molecule has 2 N–H and O–H groups in total. The summed E-state index contributed by atoms with van der Waals surface area (Å²) in [6, 6.07) is 9.44. The lowest BCUT2D eigenvalue weighted by Crippen LogP contribution is -2.09. The van der Waals surface area contributed by atoms with Crippen LogP contribution in [0.5, 0.6) is 11.5 Å². The van der Waals surface area contributed by atoms with E-state index in [1.54, 1.807) is 13.0 Å². The van der Waals surface area contributed by atoms with E-state index in [-0.39, 0.29) is 11.3 Å². The summed E-state index contributed by atoms with van der Waals surface area (Å²) >= 11 is 0. The van der Waals surface area contributed by atoms with Crippen molar-refractivity contribution in [3.8, 4) is 11.5 Å². The van der Waals surface area contributed by atoms with Gasteiger partial charge in [-0.2, -0.15) is 0 Å². The van der Waals surface area contributed by atoms with E-state index in [9.17, 15) is 14.5 Å². The van der Waals surface area contributed by atoms with Gasteiger partial charge in [-0.3, -0.25) is 10.1 Å². The van der Waals surface area contributed by atoms with E-state index in [4.69, 9.17) is 10.5 Å². The molecule has 0 fully saturated rings. The van der Waals surface area contributed by atoms with Crippen molar-refractivity contribution in [3.63, 3.8) is 0 Å². The van der Waals surface area contributed by atoms with Crippen LogP contribution >= 0.6 is 0 Å². The van der Waals surface area contributed by atoms with Gasteiger partial charge in [0.1, 0.15) is 17.3 Å². The van der Waals surface area contributed by atoms with Crippen molar-refractivity contribution in [3.05, 3.63) is 64.0 Å². The van der Waals surface area contributed by atoms with Gasteiger partial charge in [0.05, 0.1) is 4.92 Å². The van der Waals surface area contributed by atoms with Gasteiger partial charge in [-0.05, 0) is 31.2 Å². The Morgan fingerprint density at radius 3 is 2.45 bits per heavy atom. The van der Waals surface area contributed by atoms with Crippen LogP contribution in [0.15, 0.2) is 42.5 Å². The zero-order valence-electron chi connectivity index (χ0n) is 10.7. The predicted octanol–water partition coefficient (Wildman–Crippen LogP) is 3.55. The highest BCUT2D eigenvalue weighted by molar-refractivity contribution is 5.42. The Morgan fingerprint density at radius 2 is 1.90 bits per heavy atom. The summed E-state index contributed by atoms with van der Waals surface area (Å²) in [5.41, 5.74) is 5.95. The highest BCUT2D eigenvalue weighted by Crippen LogP contribution is 2.31.